The molecule has 0 spiro atoms. The van der Waals surface area contributed by atoms with E-state index >= 15 is 0 Å². The number of hydrogen-bond donors (Lipinski definition) is 2. The third kappa shape index (κ3) is 2.98. The molecule has 1 atom stereocenters. The van der Waals surface area contributed by atoms with Gasteiger partial charge in [-0.3, -0.25) is 0 Å². The summed E-state index contributed by atoms with van der Waals surface area (Å²) in [7, 11) is 1.80. The number of nitrogens with zero attached hydrogens (tertiary/aromatic N) is 1. The van der Waals surface area contributed by atoms with Crippen LogP contribution in [0, 0.1) is 11.6 Å². The molecule has 1 unspecified atom stereocenters. The Labute approximate surface area is 138 Å². The molecule has 1 aromatic heterocycles. The Morgan fingerprint density at radius 3 is 2.67 bits per heavy atom. The van der Waals surface area contributed by atoms with Crippen LogP contribution in [-0.4, -0.2) is 22.3 Å². The molecule has 0 saturated heterocycles. The minimum absolute atomic E-state index is 0.0684. The molecule has 6 heteroatoms. The summed E-state index contributed by atoms with van der Waals surface area (Å²) in [4.78, 5) is 0. The normalized spacial score (nSPS) is 12.5. The van der Waals surface area contributed by atoms with Crippen molar-refractivity contribution < 1.29 is 18.6 Å². The van der Waals surface area contributed by atoms with E-state index in [1.54, 1.807) is 11.6 Å². The second-order valence-electron chi connectivity index (χ2n) is 5.68. The van der Waals surface area contributed by atoms with Crippen LogP contribution in [0.15, 0.2) is 42.5 Å². The Morgan fingerprint density at radius 2 is 1.96 bits per heavy atom. The molecule has 0 amide bonds. The van der Waals surface area contributed by atoms with Gasteiger partial charge in [0.1, 0.15) is 5.82 Å². The number of aliphatic hydroxyl groups is 1. The van der Waals surface area contributed by atoms with Gasteiger partial charge in [-0.1, -0.05) is 18.2 Å². The van der Waals surface area contributed by atoms with Crippen molar-refractivity contribution in [3.63, 3.8) is 0 Å². The van der Waals surface area contributed by atoms with E-state index in [0.717, 1.165) is 28.6 Å². The zero-order chi connectivity index (χ0) is 17.3. The Bertz CT molecular complexity index is 877. The van der Waals surface area contributed by atoms with Crippen LogP contribution in [0.2, 0.25) is 0 Å². The van der Waals surface area contributed by atoms with Gasteiger partial charge in [-0.25, -0.2) is 8.78 Å². The molecular weight excluding hydrogens is 314 g/mol. The number of nitrogens with two attached hydrogens (primary N) is 1. The molecule has 0 aliphatic heterocycles. The quantitative estimate of drug-likeness (QED) is 0.755. The minimum atomic E-state index is -0.780. The maximum atomic E-state index is 13.9. The van der Waals surface area contributed by atoms with Crippen LogP contribution in [0.1, 0.15) is 5.56 Å². The van der Waals surface area contributed by atoms with Crippen LogP contribution in [0.4, 0.5) is 8.78 Å². The highest BCUT2D eigenvalue weighted by molar-refractivity contribution is 5.87. The summed E-state index contributed by atoms with van der Waals surface area (Å²) in [5.74, 6) is -1.09. The van der Waals surface area contributed by atoms with E-state index in [9.17, 15) is 13.9 Å². The Kier molecular flexibility index (Phi) is 4.51. The van der Waals surface area contributed by atoms with Crippen LogP contribution < -0.4 is 10.5 Å². The predicted octanol–water partition coefficient (Wildman–Crippen LogP) is 3.11. The standard InChI is InChI=1S/C18H18F2N2O2/c1-22-16-5-3-2-4-13(16)14(9-12(21)10-23)18(22)24-17-7-6-11(19)8-15(17)20/h2-8,12,23H,9-10,21H2,1H3. The summed E-state index contributed by atoms with van der Waals surface area (Å²) < 4.78 is 34.6. The Hall–Kier alpha value is -2.44. The van der Waals surface area contributed by atoms with E-state index in [0.29, 0.717) is 12.3 Å². The first-order chi connectivity index (χ1) is 11.5. The molecule has 2 aromatic carbocycles. The van der Waals surface area contributed by atoms with Crippen molar-refractivity contribution in [2.24, 2.45) is 12.8 Å². The third-order valence-electron chi connectivity index (χ3n) is 3.95. The number of halogens is 2. The summed E-state index contributed by atoms with van der Waals surface area (Å²) in [6, 6.07) is 10.3. The highest BCUT2D eigenvalue weighted by Gasteiger charge is 2.20. The fraction of sp³-hybridized carbons (Fsp3) is 0.222. The summed E-state index contributed by atoms with van der Waals surface area (Å²) >= 11 is 0. The molecule has 24 heavy (non-hydrogen) atoms. The van der Waals surface area contributed by atoms with Gasteiger partial charge in [-0.2, -0.15) is 0 Å². The topological polar surface area (TPSA) is 60.4 Å². The number of fused-ring (bicyclic) bond motifs is 1. The van der Waals surface area contributed by atoms with E-state index < -0.39 is 17.7 Å². The number of aryl methyl sites for hydroxylation is 1. The van der Waals surface area contributed by atoms with Crippen LogP contribution in [0.3, 0.4) is 0 Å². The van der Waals surface area contributed by atoms with Gasteiger partial charge < -0.3 is 20.1 Å². The lowest BCUT2D eigenvalue weighted by molar-refractivity contribution is 0.264. The molecule has 3 rings (SSSR count). The Morgan fingerprint density at radius 1 is 1.21 bits per heavy atom. The molecule has 1 heterocycles. The lowest BCUT2D eigenvalue weighted by Crippen LogP contribution is -2.26. The molecule has 3 aromatic rings. The highest BCUT2D eigenvalue weighted by Crippen LogP contribution is 2.35. The summed E-state index contributed by atoms with van der Waals surface area (Å²) in [5, 5.41) is 10.2. The fourth-order valence-corrected chi connectivity index (χ4v) is 2.76. The van der Waals surface area contributed by atoms with Gasteiger partial charge in [0, 0.05) is 30.1 Å². The van der Waals surface area contributed by atoms with Crippen LogP contribution >= 0.6 is 0 Å². The zero-order valence-corrected chi connectivity index (χ0v) is 13.2. The number of benzene rings is 2. The lowest BCUT2D eigenvalue weighted by Gasteiger charge is -2.13. The van der Waals surface area contributed by atoms with Gasteiger partial charge in [-0.05, 0) is 24.6 Å². The molecule has 0 radical (unpaired) electrons. The SMILES string of the molecule is Cn1c(Oc2ccc(F)cc2F)c(CC(N)CO)c2ccccc21. The smallest absolute Gasteiger partial charge is 0.204 e. The fourth-order valence-electron chi connectivity index (χ4n) is 2.76. The third-order valence-corrected chi connectivity index (χ3v) is 3.95. The van der Waals surface area contributed by atoms with Crippen molar-refractivity contribution in [3.05, 3.63) is 59.7 Å². The minimum Gasteiger partial charge on any atom is -0.437 e. The second-order valence-corrected chi connectivity index (χ2v) is 5.68. The van der Waals surface area contributed by atoms with Crippen molar-refractivity contribution in [1.29, 1.82) is 0 Å². The van der Waals surface area contributed by atoms with Gasteiger partial charge in [-0.15, -0.1) is 0 Å². The highest BCUT2D eigenvalue weighted by atomic mass is 19.1. The molecule has 3 N–H and O–H groups in total. The van der Waals surface area contributed by atoms with E-state index in [1.165, 1.54) is 6.07 Å². The van der Waals surface area contributed by atoms with Crippen LogP contribution in [-0.2, 0) is 13.5 Å². The van der Waals surface area contributed by atoms with Crippen molar-refractivity contribution in [1.82, 2.24) is 4.57 Å². The summed E-state index contributed by atoms with van der Waals surface area (Å²) in [5.41, 5.74) is 7.55. The van der Waals surface area contributed by atoms with Crippen molar-refractivity contribution in [3.8, 4) is 11.6 Å². The van der Waals surface area contributed by atoms with Crippen molar-refractivity contribution in [2.45, 2.75) is 12.5 Å². The summed E-state index contributed by atoms with van der Waals surface area (Å²) in [6.45, 7) is -0.173. The molecule has 0 bridgehead atoms. The van der Waals surface area contributed by atoms with E-state index in [2.05, 4.69) is 0 Å². The molecule has 0 saturated carbocycles. The molecule has 4 nitrogen and oxygen atoms in total. The summed E-state index contributed by atoms with van der Waals surface area (Å²) in [6.07, 6.45) is 0.371. The van der Waals surface area contributed by atoms with Crippen LogP contribution in [0.25, 0.3) is 10.9 Å². The van der Waals surface area contributed by atoms with E-state index in [1.807, 2.05) is 24.3 Å². The van der Waals surface area contributed by atoms with Gasteiger partial charge >= 0.3 is 0 Å². The zero-order valence-electron chi connectivity index (χ0n) is 13.2. The molecular formula is C18H18F2N2O2. The van der Waals surface area contributed by atoms with Crippen LogP contribution in [0.5, 0.6) is 11.6 Å². The number of aliphatic hydroxyl groups excluding tert-OH is 1. The number of para-hydroxylation sites is 1. The number of rotatable bonds is 5. The largest absolute Gasteiger partial charge is 0.437 e. The molecule has 0 aliphatic rings. The van der Waals surface area contributed by atoms with Gasteiger partial charge in [0.2, 0.25) is 5.88 Å². The first-order valence-electron chi connectivity index (χ1n) is 7.57. The van der Waals surface area contributed by atoms with E-state index in [4.69, 9.17) is 10.5 Å². The first kappa shape index (κ1) is 16.4. The molecule has 126 valence electrons. The predicted molar refractivity (Wildman–Crippen MR) is 88.1 cm³/mol. The molecule has 0 fully saturated rings. The van der Waals surface area contributed by atoms with Gasteiger partial charge in [0.05, 0.1) is 12.1 Å². The molecule has 0 aliphatic carbocycles. The average Bonchev–Trinajstić information content (AvgIpc) is 2.83. The van der Waals surface area contributed by atoms with Gasteiger partial charge in [0.15, 0.2) is 11.6 Å². The number of hydrogen-bond acceptors (Lipinski definition) is 3. The maximum absolute atomic E-state index is 13.9. The maximum Gasteiger partial charge on any atom is 0.204 e. The Balaban J connectivity index is 2.11. The second kappa shape index (κ2) is 6.59. The van der Waals surface area contributed by atoms with Crippen molar-refractivity contribution in [2.75, 3.05) is 6.61 Å². The van der Waals surface area contributed by atoms with Gasteiger partial charge in [0.25, 0.3) is 0 Å². The number of ether oxygens (including phenoxy) is 1. The first-order valence-corrected chi connectivity index (χ1v) is 7.57. The van der Waals surface area contributed by atoms with Crippen molar-refractivity contribution >= 4 is 10.9 Å². The average molecular weight is 332 g/mol. The monoisotopic (exact) mass is 332 g/mol. The number of aromatic nitrogens is 1. The lowest BCUT2D eigenvalue weighted by atomic mass is 10.1. The van der Waals surface area contributed by atoms with E-state index in [-0.39, 0.29) is 12.4 Å².